The van der Waals surface area contributed by atoms with Gasteiger partial charge >= 0.3 is 0 Å². The van der Waals surface area contributed by atoms with E-state index in [0.717, 1.165) is 24.8 Å². The Bertz CT molecular complexity index is 593. The van der Waals surface area contributed by atoms with Gasteiger partial charge in [0.2, 0.25) is 0 Å². The van der Waals surface area contributed by atoms with Gasteiger partial charge in [0.1, 0.15) is 4.90 Å². The number of rotatable bonds is 13. The molecule has 0 saturated heterocycles. The summed E-state index contributed by atoms with van der Waals surface area (Å²) < 4.78 is 29.4. The summed E-state index contributed by atoms with van der Waals surface area (Å²) in [6.07, 6.45) is 11.0. The smallest absolute Gasteiger partial charge is 0.297 e. The molecule has 0 fully saturated rings. The zero-order chi connectivity index (χ0) is 17.8. The van der Waals surface area contributed by atoms with Gasteiger partial charge in [0.05, 0.1) is 6.61 Å². The van der Waals surface area contributed by atoms with Crippen molar-refractivity contribution < 1.29 is 17.4 Å². The normalized spacial score (nSPS) is 11.6. The fourth-order valence-corrected chi connectivity index (χ4v) is 3.73. The van der Waals surface area contributed by atoms with Crippen molar-refractivity contribution in [2.45, 2.75) is 76.5 Å². The minimum atomic E-state index is -3.86. The highest BCUT2D eigenvalue weighted by molar-refractivity contribution is 7.86. The van der Waals surface area contributed by atoms with E-state index >= 15 is 0 Å². The van der Waals surface area contributed by atoms with Crippen LogP contribution in [-0.2, 0) is 14.3 Å². The van der Waals surface area contributed by atoms with Gasteiger partial charge in [0, 0.05) is 5.56 Å². The van der Waals surface area contributed by atoms with Crippen molar-refractivity contribution in [3.8, 4) is 0 Å². The van der Waals surface area contributed by atoms with Crippen LogP contribution in [0.25, 0.3) is 0 Å². The van der Waals surface area contributed by atoms with Crippen LogP contribution in [0.2, 0.25) is 0 Å². The molecule has 136 valence electrons. The number of hydrogen-bond acceptors (Lipinski definition) is 4. The fourth-order valence-electron chi connectivity index (χ4n) is 2.63. The number of unbranched alkanes of at least 4 members (excludes halogenated alkanes) is 8. The van der Waals surface area contributed by atoms with Crippen LogP contribution in [0.5, 0.6) is 0 Å². The molecule has 1 rings (SSSR count). The van der Waals surface area contributed by atoms with E-state index in [2.05, 4.69) is 6.92 Å². The van der Waals surface area contributed by atoms with Crippen molar-refractivity contribution in [2.75, 3.05) is 6.61 Å². The molecule has 0 saturated carbocycles. The molecule has 0 radical (unpaired) electrons. The molecule has 0 spiro atoms. The summed E-state index contributed by atoms with van der Waals surface area (Å²) in [5.74, 6) is 0. The first-order chi connectivity index (χ1) is 11.5. The third kappa shape index (κ3) is 7.58. The van der Waals surface area contributed by atoms with Crippen molar-refractivity contribution in [1.82, 2.24) is 0 Å². The molecule has 0 aliphatic rings. The molecular formula is C19H30O4S. The Morgan fingerprint density at radius 2 is 1.54 bits per heavy atom. The Labute approximate surface area is 146 Å². The molecule has 0 aliphatic carbocycles. The molecule has 0 unspecified atom stereocenters. The minimum absolute atomic E-state index is 0.0426. The lowest BCUT2D eigenvalue weighted by Gasteiger charge is -2.08. The van der Waals surface area contributed by atoms with E-state index in [9.17, 15) is 13.2 Å². The standard InChI is InChI=1S/C19H30O4S/c1-3-4-5-6-7-8-9-10-11-14-23-24(21,22)19-13-12-17(2)15-18(19)16-20/h12-13,15-16H,3-11,14H2,1-2H3. The molecule has 0 aliphatic heterocycles. The molecule has 1 aromatic carbocycles. The second-order valence-corrected chi connectivity index (χ2v) is 7.85. The summed E-state index contributed by atoms with van der Waals surface area (Å²) in [6.45, 7) is 4.19. The van der Waals surface area contributed by atoms with E-state index in [1.54, 1.807) is 12.1 Å². The molecule has 5 heteroatoms. The zero-order valence-electron chi connectivity index (χ0n) is 14.9. The third-order valence-corrected chi connectivity index (χ3v) is 5.44. The Balaban J connectivity index is 2.28. The van der Waals surface area contributed by atoms with Gasteiger partial charge in [-0.05, 0) is 25.5 Å². The quantitative estimate of drug-likeness (QED) is 0.283. The number of aryl methyl sites for hydroxylation is 1. The van der Waals surface area contributed by atoms with Gasteiger partial charge in [0.25, 0.3) is 10.1 Å². The maximum atomic E-state index is 12.2. The minimum Gasteiger partial charge on any atom is -0.298 e. The van der Waals surface area contributed by atoms with Crippen LogP contribution in [-0.4, -0.2) is 21.3 Å². The monoisotopic (exact) mass is 354 g/mol. The molecule has 0 atom stereocenters. The van der Waals surface area contributed by atoms with E-state index in [-0.39, 0.29) is 17.1 Å². The molecule has 0 bridgehead atoms. The van der Waals surface area contributed by atoms with E-state index < -0.39 is 10.1 Å². The summed E-state index contributed by atoms with van der Waals surface area (Å²) in [5.41, 5.74) is 0.997. The summed E-state index contributed by atoms with van der Waals surface area (Å²) >= 11 is 0. The Morgan fingerprint density at radius 1 is 0.958 bits per heavy atom. The molecule has 0 amide bonds. The summed E-state index contributed by atoms with van der Waals surface area (Å²) in [5, 5.41) is 0. The summed E-state index contributed by atoms with van der Waals surface area (Å²) in [4.78, 5) is 11.0. The van der Waals surface area contributed by atoms with Crippen LogP contribution in [0, 0.1) is 6.92 Å². The second-order valence-electron chi connectivity index (χ2n) is 6.26. The Morgan fingerprint density at radius 3 is 2.12 bits per heavy atom. The van der Waals surface area contributed by atoms with Crippen molar-refractivity contribution >= 4 is 16.4 Å². The van der Waals surface area contributed by atoms with E-state index in [4.69, 9.17) is 4.18 Å². The van der Waals surface area contributed by atoms with Crippen LogP contribution in [0.1, 0.15) is 80.6 Å². The average Bonchev–Trinajstić information content (AvgIpc) is 2.56. The van der Waals surface area contributed by atoms with Crippen molar-refractivity contribution in [2.24, 2.45) is 0 Å². The molecular weight excluding hydrogens is 324 g/mol. The molecule has 24 heavy (non-hydrogen) atoms. The van der Waals surface area contributed by atoms with E-state index in [1.807, 2.05) is 6.92 Å². The number of benzene rings is 1. The predicted octanol–water partition coefficient (Wildman–Crippen LogP) is 5.04. The lowest BCUT2D eigenvalue weighted by molar-refractivity contribution is 0.112. The lowest BCUT2D eigenvalue weighted by Crippen LogP contribution is -2.10. The maximum absolute atomic E-state index is 12.2. The number of aldehydes is 1. The van der Waals surface area contributed by atoms with Crippen molar-refractivity contribution in [1.29, 1.82) is 0 Å². The van der Waals surface area contributed by atoms with Crippen LogP contribution < -0.4 is 0 Å². The van der Waals surface area contributed by atoms with Gasteiger partial charge in [-0.2, -0.15) is 8.42 Å². The zero-order valence-corrected chi connectivity index (χ0v) is 15.7. The van der Waals surface area contributed by atoms with E-state index in [0.29, 0.717) is 6.29 Å². The summed E-state index contributed by atoms with van der Waals surface area (Å²) in [6, 6.07) is 4.66. The predicted molar refractivity (Wildman–Crippen MR) is 96.9 cm³/mol. The number of carbonyl (C=O) groups is 1. The Kier molecular flexibility index (Phi) is 9.88. The van der Waals surface area contributed by atoms with E-state index in [1.165, 1.54) is 44.6 Å². The van der Waals surface area contributed by atoms with Crippen molar-refractivity contribution in [3.05, 3.63) is 29.3 Å². The van der Waals surface area contributed by atoms with Gasteiger partial charge in [0.15, 0.2) is 6.29 Å². The molecule has 0 heterocycles. The van der Waals surface area contributed by atoms with Crippen molar-refractivity contribution in [3.63, 3.8) is 0 Å². The van der Waals surface area contributed by atoms with Gasteiger partial charge in [-0.25, -0.2) is 0 Å². The average molecular weight is 355 g/mol. The van der Waals surface area contributed by atoms with Crippen LogP contribution >= 0.6 is 0 Å². The number of hydrogen-bond donors (Lipinski definition) is 0. The lowest BCUT2D eigenvalue weighted by atomic mass is 10.1. The molecule has 0 aromatic heterocycles. The molecule has 4 nitrogen and oxygen atoms in total. The van der Waals surface area contributed by atoms with Crippen LogP contribution in [0.4, 0.5) is 0 Å². The number of carbonyl (C=O) groups excluding carboxylic acids is 1. The highest BCUT2D eigenvalue weighted by atomic mass is 32.2. The SMILES string of the molecule is CCCCCCCCCCCOS(=O)(=O)c1ccc(C)cc1C=O. The first kappa shape index (κ1) is 20.8. The van der Waals surface area contributed by atoms with Gasteiger partial charge in [-0.15, -0.1) is 0 Å². The fraction of sp³-hybridized carbons (Fsp3) is 0.632. The molecule has 1 aromatic rings. The van der Waals surface area contributed by atoms with Gasteiger partial charge in [-0.3, -0.25) is 8.98 Å². The first-order valence-corrected chi connectivity index (χ1v) is 10.4. The van der Waals surface area contributed by atoms with Crippen LogP contribution in [0.15, 0.2) is 23.1 Å². The second kappa shape index (κ2) is 11.4. The van der Waals surface area contributed by atoms with Crippen LogP contribution in [0.3, 0.4) is 0 Å². The highest BCUT2D eigenvalue weighted by Gasteiger charge is 2.19. The topological polar surface area (TPSA) is 60.4 Å². The highest BCUT2D eigenvalue weighted by Crippen LogP contribution is 2.19. The van der Waals surface area contributed by atoms with Gasteiger partial charge < -0.3 is 0 Å². The Hall–Kier alpha value is -1.20. The maximum Gasteiger partial charge on any atom is 0.297 e. The van der Waals surface area contributed by atoms with Gasteiger partial charge in [-0.1, -0.05) is 69.9 Å². The third-order valence-electron chi connectivity index (χ3n) is 4.05. The first-order valence-electron chi connectivity index (χ1n) is 8.96. The largest absolute Gasteiger partial charge is 0.298 e. The summed E-state index contributed by atoms with van der Waals surface area (Å²) in [7, 11) is -3.86. The molecule has 0 N–H and O–H groups in total.